The van der Waals surface area contributed by atoms with E-state index in [4.69, 9.17) is 10.5 Å². The summed E-state index contributed by atoms with van der Waals surface area (Å²) < 4.78 is 5.44. The number of hydrogen-bond acceptors (Lipinski definition) is 3. The number of nitrogens with two attached hydrogens (primary N) is 1. The van der Waals surface area contributed by atoms with Gasteiger partial charge < -0.3 is 15.4 Å². The molecule has 18 heavy (non-hydrogen) atoms. The molecule has 104 valence electrons. The van der Waals surface area contributed by atoms with E-state index in [0.717, 1.165) is 25.8 Å². The highest BCUT2D eigenvalue weighted by Gasteiger charge is 2.24. The molecule has 1 fully saturated rings. The molecule has 2 atom stereocenters. The minimum atomic E-state index is -0.287. The van der Waals surface area contributed by atoms with E-state index in [1.807, 2.05) is 13.8 Å². The van der Waals surface area contributed by atoms with Crippen LogP contribution in [0.2, 0.25) is 0 Å². The minimum absolute atomic E-state index is 0.0180. The van der Waals surface area contributed by atoms with E-state index in [0.29, 0.717) is 13.0 Å². The Labute approximate surface area is 109 Å². The Morgan fingerprint density at radius 2 is 2.22 bits per heavy atom. The van der Waals surface area contributed by atoms with Crippen molar-refractivity contribution in [1.29, 1.82) is 0 Å². The zero-order valence-corrected chi connectivity index (χ0v) is 11.4. The van der Waals surface area contributed by atoms with Crippen LogP contribution in [0.1, 0.15) is 39.5 Å². The molecule has 1 rings (SSSR count). The van der Waals surface area contributed by atoms with E-state index in [1.54, 1.807) is 4.90 Å². The molecule has 0 radical (unpaired) electrons. The van der Waals surface area contributed by atoms with Gasteiger partial charge in [0.2, 0.25) is 11.8 Å². The lowest BCUT2D eigenvalue weighted by molar-refractivity contribution is -0.140. The highest BCUT2D eigenvalue weighted by Crippen LogP contribution is 2.19. The minimum Gasteiger partial charge on any atom is -0.370 e. The number of piperidine rings is 1. The zero-order chi connectivity index (χ0) is 13.5. The molecule has 2 unspecified atom stereocenters. The largest absolute Gasteiger partial charge is 0.370 e. The van der Waals surface area contributed by atoms with E-state index in [2.05, 4.69) is 0 Å². The second-order valence-corrected chi connectivity index (χ2v) is 5.05. The lowest BCUT2D eigenvalue weighted by atomic mass is 9.94. The van der Waals surface area contributed by atoms with Crippen LogP contribution in [0, 0.1) is 5.92 Å². The van der Waals surface area contributed by atoms with Crippen LogP contribution in [0.25, 0.3) is 0 Å². The molecule has 0 aromatic heterocycles. The maximum Gasteiger partial charge on any atom is 0.248 e. The van der Waals surface area contributed by atoms with Gasteiger partial charge in [0.1, 0.15) is 6.61 Å². The molecule has 1 saturated heterocycles. The first kappa shape index (κ1) is 15.0. The van der Waals surface area contributed by atoms with E-state index in [9.17, 15) is 9.59 Å². The van der Waals surface area contributed by atoms with Gasteiger partial charge in [-0.1, -0.05) is 6.92 Å². The lowest BCUT2D eigenvalue weighted by Crippen LogP contribution is -2.43. The molecule has 0 aromatic rings. The molecule has 2 amide bonds. The van der Waals surface area contributed by atoms with Gasteiger partial charge in [-0.15, -0.1) is 0 Å². The number of likely N-dealkylation sites (tertiary alicyclic amines) is 1. The zero-order valence-electron chi connectivity index (χ0n) is 11.4. The fourth-order valence-corrected chi connectivity index (χ4v) is 2.17. The molecule has 0 bridgehead atoms. The molecule has 0 aromatic carbocycles. The Hall–Kier alpha value is -1.10. The highest BCUT2D eigenvalue weighted by molar-refractivity contribution is 5.78. The summed E-state index contributed by atoms with van der Waals surface area (Å²) in [6, 6.07) is 0. The predicted octanol–water partition coefficient (Wildman–Crippen LogP) is 0.915. The SMILES string of the molecule is CCC(C)OCC(=O)N1CCCC(CC(N)=O)C1. The average Bonchev–Trinajstić information content (AvgIpc) is 2.35. The second kappa shape index (κ2) is 7.36. The summed E-state index contributed by atoms with van der Waals surface area (Å²) in [6.07, 6.45) is 3.29. The average molecular weight is 256 g/mol. The molecule has 1 heterocycles. The number of carbonyl (C=O) groups excluding carboxylic acids is 2. The lowest BCUT2D eigenvalue weighted by Gasteiger charge is -2.32. The summed E-state index contributed by atoms with van der Waals surface area (Å²) in [5.41, 5.74) is 5.19. The standard InChI is InChI=1S/C13H24N2O3/c1-3-10(2)18-9-13(17)15-6-4-5-11(8-15)7-12(14)16/h10-11H,3-9H2,1-2H3,(H2,14,16). The number of nitrogens with zero attached hydrogens (tertiary/aromatic N) is 1. The van der Waals surface area contributed by atoms with Crippen molar-refractivity contribution in [2.45, 2.75) is 45.6 Å². The van der Waals surface area contributed by atoms with Gasteiger partial charge in [-0.2, -0.15) is 0 Å². The number of carbonyl (C=O) groups is 2. The maximum atomic E-state index is 11.9. The summed E-state index contributed by atoms with van der Waals surface area (Å²) in [4.78, 5) is 24.6. The number of ether oxygens (including phenoxy) is 1. The van der Waals surface area contributed by atoms with E-state index in [1.165, 1.54) is 0 Å². The van der Waals surface area contributed by atoms with Crippen LogP contribution in [-0.2, 0) is 14.3 Å². The monoisotopic (exact) mass is 256 g/mol. The van der Waals surface area contributed by atoms with Crippen LogP contribution in [0.4, 0.5) is 0 Å². The van der Waals surface area contributed by atoms with Crippen LogP contribution < -0.4 is 5.73 Å². The van der Waals surface area contributed by atoms with Crippen molar-refractivity contribution in [3.05, 3.63) is 0 Å². The van der Waals surface area contributed by atoms with Gasteiger partial charge in [-0.25, -0.2) is 0 Å². The Morgan fingerprint density at radius 1 is 1.50 bits per heavy atom. The summed E-state index contributed by atoms with van der Waals surface area (Å²) in [5, 5.41) is 0. The molecule has 2 N–H and O–H groups in total. The molecule has 1 aliphatic rings. The first-order chi connectivity index (χ1) is 8.52. The van der Waals surface area contributed by atoms with Gasteiger partial charge in [0.15, 0.2) is 0 Å². The predicted molar refractivity (Wildman–Crippen MR) is 68.8 cm³/mol. The van der Waals surface area contributed by atoms with Crippen molar-refractivity contribution in [1.82, 2.24) is 4.90 Å². The van der Waals surface area contributed by atoms with Crippen LogP contribution >= 0.6 is 0 Å². The molecule has 1 aliphatic heterocycles. The smallest absolute Gasteiger partial charge is 0.248 e. The molecular formula is C13H24N2O3. The normalized spacial score (nSPS) is 21.7. The fourth-order valence-electron chi connectivity index (χ4n) is 2.17. The summed E-state index contributed by atoms with van der Waals surface area (Å²) in [5.74, 6) is -0.0570. The van der Waals surface area contributed by atoms with Crippen molar-refractivity contribution in [2.24, 2.45) is 11.7 Å². The molecule has 0 spiro atoms. The van der Waals surface area contributed by atoms with Gasteiger partial charge in [0, 0.05) is 19.5 Å². The fraction of sp³-hybridized carbons (Fsp3) is 0.846. The molecule has 0 aliphatic carbocycles. The van der Waals surface area contributed by atoms with Crippen LogP contribution in [-0.4, -0.2) is 42.5 Å². The Morgan fingerprint density at radius 3 is 2.83 bits per heavy atom. The van der Waals surface area contributed by atoms with Crippen LogP contribution in [0.5, 0.6) is 0 Å². The quantitative estimate of drug-likeness (QED) is 0.768. The number of hydrogen-bond donors (Lipinski definition) is 1. The van der Waals surface area contributed by atoms with Crippen molar-refractivity contribution >= 4 is 11.8 Å². The number of primary amides is 1. The third-order valence-electron chi connectivity index (χ3n) is 3.43. The first-order valence-corrected chi connectivity index (χ1v) is 6.70. The molecular weight excluding hydrogens is 232 g/mol. The molecule has 5 nitrogen and oxygen atoms in total. The second-order valence-electron chi connectivity index (χ2n) is 5.05. The van der Waals surface area contributed by atoms with Gasteiger partial charge >= 0.3 is 0 Å². The van der Waals surface area contributed by atoms with Crippen molar-refractivity contribution in [3.63, 3.8) is 0 Å². The van der Waals surface area contributed by atoms with Gasteiger partial charge in [0.25, 0.3) is 0 Å². The topological polar surface area (TPSA) is 72.6 Å². The first-order valence-electron chi connectivity index (χ1n) is 6.70. The van der Waals surface area contributed by atoms with Gasteiger partial charge in [0.05, 0.1) is 6.10 Å². The highest BCUT2D eigenvalue weighted by atomic mass is 16.5. The third-order valence-corrected chi connectivity index (χ3v) is 3.43. The maximum absolute atomic E-state index is 11.9. The van der Waals surface area contributed by atoms with Gasteiger partial charge in [-0.05, 0) is 32.1 Å². The molecule has 0 saturated carbocycles. The van der Waals surface area contributed by atoms with E-state index in [-0.39, 0.29) is 30.4 Å². The van der Waals surface area contributed by atoms with Crippen LogP contribution in [0.3, 0.4) is 0 Å². The van der Waals surface area contributed by atoms with Crippen LogP contribution in [0.15, 0.2) is 0 Å². The molecule has 5 heteroatoms. The van der Waals surface area contributed by atoms with Crippen molar-refractivity contribution < 1.29 is 14.3 Å². The summed E-state index contributed by atoms with van der Waals surface area (Å²) >= 11 is 0. The van der Waals surface area contributed by atoms with Gasteiger partial charge in [-0.3, -0.25) is 9.59 Å². The Kier molecular flexibility index (Phi) is 6.12. The van der Waals surface area contributed by atoms with E-state index < -0.39 is 0 Å². The van der Waals surface area contributed by atoms with E-state index >= 15 is 0 Å². The number of rotatable bonds is 6. The third kappa shape index (κ3) is 5.04. The Balaban J connectivity index is 2.36. The Bertz CT molecular complexity index is 294. The van der Waals surface area contributed by atoms with Crippen molar-refractivity contribution in [3.8, 4) is 0 Å². The summed E-state index contributed by atoms with van der Waals surface area (Å²) in [7, 11) is 0. The number of amides is 2. The summed E-state index contributed by atoms with van der Waals surface area (Å²) in [6.45, 7) is 5.51. The van der Waals surface area contributed by atoms with Crippen molar-refractivity contribution in [2.75, 3.05) is 19.7 Å².